The number of ether oxygens (including phenoxy) is 1. The monoisotopic (exact) mass is 366 g/mol. The molecule has 140 valence electrons. The molecule has 0 aliphatic carbocycles. The van der Waals surface area contributed by atoms with Crippen LogP contribution in [0.3, 0.4) is 0 Å². The average Bonchev–Trinajstić information content (AvgIpc) is 2.59. The van der Waals surface area contributed by atoms with Gasteiger partial charge in [-0.05, 0) is 31.9 Å². The average molecular weight is 367 g/mol. The first-order valence-electron chi connectivity index (χ1n) is 8.97. The van der Waals surface area contributed by atoms with Gasteiger partial charge in [0, 0.05) is 5.57 Å². The Labute approximate surface area is 152 Å². The van der Waals surface area contributed by atoms with Gasteiger partial charge in [-0.2, -0.15) is 0 Å². The van der Waals surface area contributed by atoms with E-state index < -0.39 is 15.8 Å². The van der Waals surface area contributed by atoms with E-state index in [0.29, 0.717) is 6.42 Å². The van der Waals surface area contributed by atoms with Crippen LogP contribution in [0.1, 0.15) is 57.4 Å². The first kappa shape index (κ1) is 21.4. The number of esters is 1. The summed E-state index contributed by atoms with van der Waals surface area (Å²) in [4.78, 5) is 12.2. The number of allylic oxidation sites excluding steroid dienone is 1. The van der Waals surface area contributed by atoms with Crippen molar-refractivity contribution >= 4 is 15.8 Å². The van der Waals surface area contributed by atoms with Crippen molar-refractivity contribution in [2.45, 2.75) is 63.7 Å². The molecule has 25 heavy (non-hydrogen) atoms. The van der Waals surface area contributed by atoms with Crippen LogP contribution in [0, 0.1) is 6.92 Å². The molecule has 0 bridgehead atoms. The Bertz CT molecular complexity index is 657. The van der Waals surface area contributed by atoms with Crippen molar-refractivity contribution in [2.24, 2.45) is 0 Å². The van der Waals surface area contributed by atoms with Gasteiger partial charge < -0.3 is 4.74 Å². The van der Waals surface area contributed by atoms with E-state index in [2.05, 4.69) is 6.92 Å². The zero-order valence-electron chi connectivity index (χ0n) is 15.6. The lowest BCUT2D eigenvalue weighted by Gasteiger charge is -2.08. The lowest BCUT2D eigenvalue weighted by atomic mass is 10.1. The Kier molecular flexibility index (Phi) is 9.50. The fourth-order valence-electron chi connectivity index (χ4n) is 2.57. The molecule has 0 atom stereocenters. The topological polar surface area (TPSA) is 60.4 Å². The minimum Gasteiger partial charge on any atom is -0.466 e. The van der Waals surface area contributed by atoms with Gasteiger partial charge in [0.15, 0.2) is 9.84 Å². The van der Waals surface area contributed by atoms with E-state index in [1.54, 1.807) is 30.3 Å². The van der Waals surface area contributed by atoms with Crippen LogP contribution in [0.25, 0.3) is 0 Å². The van der Waals surface area contributed by atoms with Gasteiger partial charge in [0.2, 0.25) is 0 Å². The maximum Gasteiger partial charge on any atom is 0.334 e. The van der Waals surface area contributed by atoms with E-state index in [-0.39, 0.29) is 16.2 Å². The van der Waals surface area contributed by atoms with Crippen molar-refractivity contribution in [1.82, 2.24) is 0 Å². The highest BCUT2D eigenvalue weighted by Crippen LogP contribution is 2.17. The van der Waals surface area contributed by atoms with E-state index in [1.165, 1.54) is 32.8 Å². The van der Waals surface area contributed by atoms with E-state index >= 15 is 0 Å². The molecule has 0 heterocycles. The molecule has 5 heteroatoms. The van der Waals surface area contributed by atoms with Crippen LogP contribution in [-0.4, -0.2) is 27.2 Å². The van der Waals surface area contributed by atoms with Crippen LogP contribution in [-0.2, 0) is 19.4 Å². The molecule has 0 amide bonds. The minimum atomic E-state index is -3.56. The number of hydrogen-bond acceptors (Lipinski definition) is 4. The molecular weight excluding hydrogens is 336 g/mol. The number of unbranched alkanes of at least 4 members (excludes halogenated alkanes) is 6. The largest absolute Gasteiger partial charge is 0.466 e. The number of benzene rings is 1. The molecule has 4 nitrogen and oxygen atoms in total. The molecule has 1 rings (SSSR count). The molecule has 1 aromatic carbocycles. The molecule has 0 unspecified atom stereocenters. The number of methoxy groups -OCH3 is 1. The van der Waals surface area contributed by atoms with Crippen molar-refractivity contribution in [3.63, 3.8) is 0 Å². The maximum absolute atomic E-state index is 12.5. The zero-order valence-corrected chi connectivity index (χ0v) is 16.4. The second-order valence-corrected chi connectivity index (χ2v) is 8.34. The van der Waals surface area contributed by atoms with Crippen LogP contribution in [0.2, 0.25) is 0 Å². The fourth-order valence-corrected chi connectivity index (χ4v) is 3.93. The summed E-state index contributed by atoms with van der Waals surface area (Å²) in [7, 11) is -2.28. The number of sulfone groups is 1. The second kappa shape index (κ2) is 11.1. The predicted octanol–water partition coefficient (Wildman–Crippen LogP) is 4.62. The van der Waals surface area contributed by atoms with Crippen LogP contribution >= 0.6 is 0 Å². The van der Waals surface area contributed by atoms with Gasteiger partial charge in [0.05, 0.1) is 17.8 Å². The quantitative estimate of drug-likeness (QED) is 0.326. The molecular formula is C20H30O4S. The number of rotatable bonds is 11. The SMILES string of the molecule is CCCCCCCC/C=C(\CS(=O)(=O)c1ccc(C)cc1)C(=O)OC. The van der Waals surface area contributed by atoms with E-state index in [9.17, 15) is 13.2 Å². The molecule has 0 aliphatic heterocycles. The first-order chi connectivity index (χ1) is 11.9. The van der Waals surface area contributed by atoms with E-state index in [0.717, 1.165) is 18.4 Å². The molecule has 0 saturated carbocycles. The molecule has 0 fully saturated rings. The Morgan fingerprint density at radius 2 is 1.64 bits per heavy atom. The minimum absolute atomic E-state index is 0.219. The van der Waals surface area contributed by atoms with E-state index in [1.807, 2.05) is 6.92 Å². The maximum atomic E-state index is 12.5. The molecule has 0 spiro atoms. The third-order valence-corrected chi connectivity index (χ3v) is 5.80. The summed E-state index contributed by atoms with van der Waals surface area (Å²) in [6, 6.07) is 6.66. The zero-order chi connectivity index (χ0) is 18.7. The van der Waals surface area contributed by atoms with Crippen molar-refractivity contribution in [3.05, 3.63) is 41.5 Å². The highest BCUT2D eigenvalue weighted by Gasteiger charge is 2.21. The van der Waals surface area contributed by atoms with E-state index in [4.69, 9.17) is 4.74 Å². The Balaban J connectivity index is 2.70. The normalized spacial score (nSPS) is 12.2. The smallest absolute Gasteiger partial charge is 0.334 e. The van der Waals surface area contributed by atoms with Crippen molar-refractivity contribution in [2.75, 3.05) is 12.9 Å². The van der Waals surface area contributed by atoms with Gasteiger partial charge in [-0.15, -0.1) is 0 Å². The number of carbonyl (C=O) groups excluding carboxylic acids is 1. The third kappa shape index (κ3) is 7.86. The van der Waals surface area contributed by atoms with Gasteiger partial charge in [-0.3, -0.25) is 0 Å². The Morgan fingerprint density at radius 3 is 2.24 bits per heavy atom. The summed E-state index contributed by atoms with van der Waals surface area (Å²) in [5.74, 6) is -0.889. The third-order valence-electron chi connectivity index (χ3n) is 4.12. The Morgan fingerprint density at radius 1 is 1.04 bits per heavy atom. The summed E-state index contributed by atoms with van der Waals surface area (Å²) in [5.41, 5.74) is 1.21. The lowest BCUT2D eigenvalue weighted by Crippen LogP contribution is -2.16. The van der Waals surface area contributed by atoms with Gasteiger partial charge in [-0.25, -0.2) is 13.2 Å². The highest BCUT2D eigenvalue weighted by atomic mass is 32.2. The summed E-state index contributed by atoms with van der Waals surface area (Å²) in [5, 5.41) is 0. The van der Waals surface area contributed by atoms with Crippen LogP contribution in [0.15, 0.2) is 40.8 Å². The molecule has 0 saturated heterocycles. The lowest BCUT2D eigenvalue weighted by molar-refractivity contribution is -0.136. The molecule has 0 aromatic heterocycles. The van der Waals surface area contributed by atoms with Gasteiger partial charge in [0.25, 0.3) is 0 Å². The van der Waals surface area contributed by atoms with Crippen molar-refractivity contribution < 1.29 is 17.9 Å². The van der Waals surface area contributed by atoms with Crippen molar-refractivity contribution in [3.8, 4) is 0 Å². The van der Waals surface area contributed by atoms with Crippen LogP contribution in [0.4, 0.5) is 0 Å². The first-order valence-corrected chi connectivity index (χ1v) is 10.6. The summed E-state index contributed by atoms with van der Waals surface area (Å²) in [6.07, 6.45) is 9.33. The Hall–Kier alpha value is -1.62. The second-order valence-electron chi connectivity index (χ2n) is 6.35. The summed E-state index contributed by atoms with van der Waals surface area (Å²) in [6.45, 7) is 4.08. The molecule has 0 N–H and O–H groups in total. The number of carbonyl (C=O) groups is 1. The number of aryl methyl sites for hydroxylation is 1. The highest BCUT2D eigenvalue weighted by molar-refractivity contribution is 7.91. The molecule has 0 radical (unpaired) electrons. The fraction of sp³-hybridized carbons (Fsp3) is 0.550. The van der Waals surface area contributed by atoms with Gasteiger partial charge in [0.1, 0.15) is 0 Å². The standard InChI is InChI=1S/C20H30O4S/c1-4-5-6-7-8-9-10-11-18(20(21)24-3)16-25(22,23)19-14-12-17(2)13-15-19/h11-15H,4-10,16H2,1-3H3/b18-11+. The number of hydrogen-bond donors (Lipinski definition) is 0. The summed E-state index contributed by atoms with van der Waals surface area (Å²) < 4.78 is 29.8. The molecule has 0 aliphatic rings. The van der Waals surface area contributed by atoms with Gasteiger partial charge >= 0.3 is 5.97 Å². The van der Waals surface area contributed by atoms with Gasteiger partial charge in [-0.1, -0.05) is 62.8 Å². The predicted molar refractivity (Wildman–Crippen MR) is 101 cm³/mol. The van der Waals surface area contributed by atoms with Crippen molar-refractivity contribution in [1.29, 1.82) is 0 Å². The molecule has 1 aromatic rings. The van der Waals surface area contributed by atoms with Crippen LogP contribution in [0.5, 0.6) is 0 Å². The van der Waals surface area contributed by atoms with Crippen LogP contribution < -0.4 is 0 Å². The summed E-state index contributed by atoms with van der Waals surface area (Å²) >= 11 is 0.